The van der Waals surface area contributed by atoms with E-state index in [2.05, 4.69) is 45.9 Å². The average Bonchev–Trinajstić information content (AvgIpc) is 2.80. The van der Waals surface area contributed by atoms with E-state index in [-0.39, 0.29) is 0 Å². The normalized spacial score (nSPS) is 21.4. The number of aromatic nitrogens is 1. The van der Waals surface area contributed by atoms with E-state index in [4.69, 9.17) is 0 Å². The minimum Gasteiger partial charge on any atom is -0.315 e. The van der Waals surface area contributed by atoms with Crippen molar-refractivity contribution in [3.63, 3.8) is 0 Å². The molecule has 0 bridgehead atoms. The standard InChI is InChI=1S/C17H26N2.C9H11N/c1-2-6-14(7-3-1)11-18-13-17-10-15-8-4-5-9-16(15)12-19-17;1-2-6-9-8(4-1)5-3-7-10-9/h4-5,8-9,14,17-19H,1-3,6-7,10-13H2;3,5,7H,1-2,4,6H2. The lowest BCUT2D eigenvalue weighted by molar-refractivity contribution is 0.332. The zero-order valence-corrected chi connectivity index (χ0v) is 17.8. The van der Waals surface area contributed by atoms with E-state index in [0.717, 1.165) is 19.0 Å². The summed E-state index contributed by atoms with van der Waals surface area (Å²) in [6.45, 7) is 3.37. The first-order chi connectivity index (χ1) is 14.4. The van der Waals surface area contributed by atoms with Crippen molar-refractivity contribution >= 4 is 0 Å². The molecule has 0 amide bonds. The lowest BCUT2D eigenvalue weighted by Crippen LogP contribution is -2.44. The summed E-state index contributed by atoms with van der Waals surface area (Å²) in [5.74, 6) is 0.935. The summed E-state index contributed by atoms with van der Waals surface area (Å²) < 4.78 is 0. The smallest absolute Gasteiger partial charge is 0.0435 e. The summed E-state index contributed by atoms with van der Waals surface area (Å²) in [4.78, 5) is 4.32. The Bertz CT molecular complexity index is 726. The van der Waals surface area contributed by atoms with Crippen LogP contribution in [0.1, 0.15) is 67.3 Å². The van der Waals surface area contributed by atoms with Gasteiger partial charge in [-0.25, -0.2) is 0 Å². The second-order valence-corrected chi connectivity index (χ2v) is 9.03. The highest BCUT2D eigenvalue weighted by Gasteiger charge is 2.18. The Hall–Kier alpha value is -1.71. The van der Waals surface area contributed by atoms with Crippen LogP contribution < -0.4 is 10.6 Å². The van der Waals surface area contributed by atoms with Crippen molar-refractivity contribution in [3.8, 4) is 0 Å². The largest absolute Gasteiger partial charge is 0.315 e. The van der Waals surface area contributed by atoms with Gasteiger partial charge in [-0.3, -0.25) is 4.98 Å². The number of rotatable bonds is 4. The first-order valence-corrected chi connectivity index (χ1v) is 11.8. The third kappa shape index (κ3) is 6.13. The minimum atomic E-state index is 0.610. The van der Waals surface area contributed by atoms with Gasteiger partial charge in [-0.05, 0) is 80.2 Å². The highest BCUT2D eigenvalue weighted by atomic mass is 15.0. The molecule has 1 atom stereocenters. The van der Waals surface area contributed by atoms with Gasteiger partial charge in [-0.15, -0.1) is 0 Å². The molecule has 1 aromatic heterocycles. The predicted octanol–water partition coefficient (Wildman–Crippen LogP) is 4.83. The monoisotopic (exact) mass is 391 g/mol. The molecular weight excluding hydrogens is 354 g/mol. The fourth-order valence-corrected chi connectivity index (χ4v) is 5.05. The summed E-state index contributed by atoms with van der Waals surface area (Å²) in [7, 11) is 0. The first kappa shape index (κ1) is 20.6. The molecule has 1 saturated carbocycles. The summed E-state index contributed by atoms with van der Waals surface area (Å²) in [5.41, 5.74) is 5.80. The van der Waals surface area contributed by atoms with Gasteiger partial charge in [0.15, 0.2) is 0 Å². The van der Waals surface area contributed by atoms with Crippen LogP contribution in [0, 0.1) is 5.92 Å². The van der Waals surface area contributed by atoms with Gasteiger partial charge >= 0.3 is 0 Å². The van der Waals surface area contributed by atoms with E-state index >= 15 is 0 Å². The highest BCUT2D eigenvalue weighted by Crippen LogP contribution is 2.23. The van der Waals surface area contributed by atoms with E-state index in [1.165, 1.54) is 93.1 Å². The molecule has 1 fully saturated rings. The van der Waals surface area contributed by atoms with Crippen LogP contribution in [0.5, 0.6) is 0 Å². The molecule has 1 aliphatic heterocycles. The van der Waals surface area contributed by atoms with Crippen molar-refractivity contribution in [1.29, 1.82) is 0 Å². The molecule has 2 aromatic rings. The molecule has 3 heteroatoms. The van der Waals surface area contributed by atoms with Crippen LogP contribution in [0.2, 0.25) is 0 Å². The van der Waals surface area contributed by atoms with E-state index in [9.17, 15) is 0 Å². The first-order valence-electron chi connectivity index (χ1n) is 11.8. The van der Waals surface area contributed by atoms with Crippen molar-refractivity contribution in [2.45, 2.75) is 76.8 Å². The Kier molecular flexibility index (Phi) is 7.72. The van der Waals surface area contributed by atoms with Gasteiger partial charge in [-0.1, -0.05) is 49.6 Å². The third-order valence-corrected chi connectivity index (χ3v) is 6.81. The highest BCUT2D eigenvalue weighted by molar-refractivity contribution is 5.30. The molecule has 5 rings (SSSR count). The topological polar surface area (TPSA) is 37.0 Å². The molecule has 1 unspecified atom stereocenters. The van der Waals surface area contributed by atoms with Crippen LogP contribution in [0.15, 0.2) is 42.6 Å². The Balaban J connectivity index is 0.000000171. The maximum absolute atomic E-state index is 4.32. The fourth-order valence-electron chi connectivity index (χ4n) is 5.05. The van der Waals surface area contributed by atoms with Crippen LogP contribution >= 0.6 is 0 Å². The number of fused-ring (bicyclic) bond motifs is 2. The van der Waals surface area contributed by atoms with Crippen molar-refractivity contribution in [2.75, 3.05) is 13.1 Å². The zero-order chi connectivity index (χ0) is 19.7. The number of benzene rings is 1. The maximum atomic E-state index is 4.32. The number of hydrogen-bond donors (Lipinski definition) is 2. The van der Waals surface area contributed by atoms with Crippen LogP contribution in [0.25, 0.3) is 0 Å². The van der Waals surface area contributed by atoms with Gasteiger partial charge in [0, 0.05) is 31.0 Å². The van der Waals surface area contributed by atoms with Gasteiger partial charge in [0.25, 0.3) is 0 Å². The lowest BCUT2D eigenvalue weighted by atomic mass is 9.89. The fraction of sp³-hybridized carbons (Fsp3) is 0.577. The molecule has 0 radical (unpaired) electrons. The maximum Gasteiger partial charge on any atom is 0.0435 e. The Morgan fingerprint density at radius 1 is 0.828 bits per heavy atom. The molecule has 2 aliphatic carbocycles. The quantitative estimate of drug-likeness (QED) is 0.784. The molecule has 3 aliphatic rings. The Morgan fingerprint density at radius 3 is 2.48 bits per heavy atom. The molecule has 0 spiro atoms. The van der Waals surface area contributed by atoms with Crippen molar-refractivity contribution < 1.29 is 0 Å². The second kappa shape index (κ2) is 10.9. The average molecular weight is 392 g/mol. The van der Waals surface area contributed by atoms with E-state index in [1.807, 2.05) is 12.3 Å². The third-order valence-electron chi connectivity index (χ3n) is 6.81. The van der Waals surface area contributed by atoms with Gasteiger partial charge in [-0.2, -0.15) is 0 Å². The van der Waals surface area contributed by atoms with E-state index in [0.29, 0.717) is 6.04 Å². The molecule has 3 nitrogen and oxygen atoms in total. The SMILES string of the molecule is c1ccc2c(c1)CNC(CNCC1CCCCC1)C2.c1cnc2c(c1)CCCC2. The predicted molar refractivity (Wildman–Crippen MR) is 121 cm³/mol. The molecule has 2 N–H and O–H groups in total. The molecular formula is C26H37N3. The zero-order valence-electron chi connectivity index (χ0n) is 17.8. The number of nitrogens with one attached hydrogen (secondary N) is 2. The molecule has 29 heavy (non-hydrogen) atoms. The minimum absolute atomic E-state index is 0.610. The number of aryl methyl sites for hydroxylation is 2. The van der Waals surface area contributed by atoms with Crippen LogP contribution in [-0.2, 0) is 25.8 Å². The molecule has 0 saturated heterocycles. The van der Waals surface area contributed by atoms with E-state index in [1.54, 1.807) is 0 Å². The number of hydrogen-bond acceptors (Lipinski definition) is 3. The Morgan fingerprint density at radius 2 is 1.62 bits per heavy atom. The van der Waals surface area contributed by atoms with Crippen LogP contribution in [-0.4, -0.2) is 24.1 Å². The second-order valence-electron chi connectivity index (χ2n) is 9.03. The molecule has 1 aromatic carbocycles. The van der Waals surface area contributed by atoms with Gasteiger partial charge < -0.3 is 10.6 Å². The van der Waals surface area contributed by atoms with Crippen molar-refractivity contribution in [3.05, 3.63) is 65.0 Å². The van der Waals surface area contributed by atoms with Crippen molar-refractivity contribution in [1.82, 2.24) is 15.6 Å². The van der Waals surface area contributed by atoms with Gasteiger partial charge in [0.1, 0.15) is 0 Å². The Labute approximate surface area is 176 Å². The number of pyridine rings is 1. The molecule has 2 heterocycles. The lowest BCUT2D eigenvalue weighted by Gasteiger charge is -2.28. The molecule has 156 valence electrons. The van der Waals surface area contributed by atoms with Gasteiger partial charge in [0.2, 0.25) is 0 Å². The summed E-state index contributed by atoms with van der Waals surface area (Å²) >= 11 is 0. The summed E-state index contributed by atoms with van der Waals surface area (Å²) in [6, 6.07) is 13.7. The number of nitrogens with zero attached hydrogens (tertiary/aromatic N) is 1. The summed E-state index contributed by atoms with van der Waals surface area (Å²) in [6.07, 6.45) is 15.4. The van der Waals surface area contributed by atoms with Gasteiger partial charge in [0.05, 0.1) is 0 Å². The van der Waals surface area contributed by atoms with Crippen LogP contribution in [0.3, 0.4) is 0 Å². The van der Waals surface area contributed by atoms with E-state index < -0.39 is 0 Å². The van der Waals surface area contributed by atoms with Crippen molar-refractivity contribution in [2.24, 2.45) is 5.92 Å². The summed E-state index contributed by atoms with van der Waals surface area (Å²) in [5, 5.41) is 7.34. The van der Waals surface area contributed by atoms with Crippen LogP contribution in [0.4, 0.5) is 0 Å².